The smallest absolute Gasteiger partial charge is 0.254 e. The SMILES string of the molecule is CCN1CCC(CNC(=O)c2ccnc(F)c2F)C1. The van der Waals surface area contributed by atoms with Gasteiger partial charge in [0.25, 0.3) is 5.91 Å². The number of hydrogen-bond acceptors (Lipinski definition) is 3. The van der Waals surface area contributed by atoms with Gasteiger partial charge in [-0.2, -0.15) is 4.39 Å². The summed E-state index contributed by atoms with van der Waals surface area (Å²) < 4.78 is 26.3. The largest absolute Gasteiger partial charge is 0.352 e. The number of amides is 1. The summed E-state index contributed by atoms with van der Waals surface area (Å²) in [5.41, 5.74) is -0.294. The fraction of sp³-hybridized carbons (Fsp3) is 0.538. The molecule has 19 heavy (non-hydrogen) atoms. The zero-order valence-electron chi connectivity index (χ0n) is 10.8. The number of rotatable bonds is 4. The van der Waals surface area contributed by atoms with E-state index in [1.807, 2.05) is 0 Å². The quantitative estimate of drug-likeness (QED) is 0.841. The van der Waals surface area contributed by atoms with Crippen LogP contribution in [0.1, 0.15) is 23.7 Å². The van der Waals surface area contributed by atoms with Gasteiger partial charge in [0.2, 0.25) is 5.95 Å². The molecule has 1 aliphatic rings. The molecule has 1 atom stereocenters. The first-order chi connectivity index (χ1) is 9.11. The molecule has 104 valence electrons. The zero-order valence-corrected chi connectivity index (χ0v) is 10.8. The molecule has 0 aliphatic carbocycles. The lowest BCUT2D eigenvalue weighted by molar-refractivity contribution is 0.0942. The van der Waals surface area contributed by atoms with E-state index in [1.54, 1.807) is 0 Å². The molecule has 0 bridgehead atoms. The molecule has 2 heterocycles. The molecule has 1 aromatic rings. The highest BCUT2D eigenvalue weighted by Gasteiger charge is 2.22. The first kappa shape index (κ1) is 13.9. The molecule has 1 fully saturated rings. The Hall–Kier alpha value is -1.56. The van der Waals surface area contributed by atoms with Gasteiger partial charge in [-0.1, -0.05) is 6.92 Å². The van der Waals surface area contributed by atoms with Crippen molar-refractivity contribution in [3.8, 4) is 0 Å². The van der Waals surface area contributed by atoms with Gasteiger partial charge in [-0.05, 0) is 31.5 Å². The van der Waals surface area contributed by atoms with Crippen LogP contribution < -0.4 is 5.32 Å². The van der Waals surface area contributed by atoms with Crippen LogP contribution >= 0.6 is 0 Å². The molecule has 1 unspecified atom stereocenters. The van der Waals surface area contributed by atoms with Crippen LogP contribution in [0.2, 0.25) is 0 Å². The minimum atomic E-state index is -1.24. The van der Waals surface area contributed by atoms with Gasteiger partial charge in [0.1, 0.15) is 0 Å². The number of carbonyl (C=O) groups excluding carboxylic acids is 1. The summed E-state index contributed by atoms with van der Waals surface area (Å²) in [5.74, 6) is -2.65. The molecule has 0 aromatic carbocycles. The summed E-state index contributed by atoms with van der Waals surface area (Å²) in [6.07, 6.45) is 2.10. The van der Waals surface area contributed by atoms with Crippen LogP contribution in [-0.2, 0) is 0 Å². The normalized spacial score (nSPS) is 19.6. The van der Waals surface area contributed by atoms with Gasteiger partial charge in [-0.3, -0.25) is 4.79 Å². The maximum atomic E-state index is 13.4. The lowest BCUT2D eigenvalue weighted by atomic mass is 10.1. The van der Waals surface area contributed by atoms with Crippen LogP contribution in [0.25, 0.3) is 0 Å². The molecule has 1 N–H and O–H groups in total. The number of nitrogens with one attached hydrogen (secondary N) is 1. The second-order valence-electron chi connectivity index (χ2n) is 4.72. The highest BCUT2D eigenvalue weighted by Crippen LogP contribution is 2.15. The van der Waals surface area contributed by atoms with Crippen LogP contribution in [0.4, 0.5) is 8.78 Å². The van der Waals surface area contributed by atoms with Gasteiger partial charge < -0.3 is 10.2 Å². The molecule has 0 saturated carbocycles. The summed E-state index contributed by atoms with van der Waals surface area (Å²) in [4.78, 5) is 17.2. The molecule has 0 spiro atoms. The van der Waals surface area contributed by atoms with Crippen molar-refractivity contribution >= 4 is 5.91 Å². The number of pyridine rings is 1. The molecule has 6 heteroatoms. The molecular formula is C13H17F2N3O. The number of carbonyl (C=O) groups is 1. The van der Waals surface area contributed by atoms with Crippen LogP contribution in [0.15, 0.2) is 12.3 Å². The number of halogens is 2. The number of nitrogens with zero attached hydrogens (tertiary/aromatic N) is 2. The second-order valence-corrected chi connectivity index (χ2v) is 4.72. The Morgan fingerprint density at radius 1 is 1.58 bits per heavy atom. The Morgan fingerprint density at radius 3 is 3.05 bits per heavy atom. The zero-order chi connectivity index (χ0) is 13.8. The van der Waals surface area contributed by atoms with Gasteiger partial charge >= 0.3 is 0 Å². The van der Waals surface area contributed by atoms with E-state index in [-0.39, 0.29) is 5.56 Å². The van der Waals surface area contributed by atoms with E-state index in [4.69, 9.17) is 0 Å². The van der Waals surface area contributed by atoms with Crippen LogP contribution in [0.5, 0.6) is 0 Å². The third kappa shape index (κ3) is 3.26. The van der Waals surface area contributed by atoms with E-state index in [9.17, 15) is 13.6 Å². The molecule has 2 rings (SSSR count). The summed E-state index contributed by atoms with van der Waals surface area (Å²) in [6.45, 7) is 5.53. The fourth-order valence-corrected chi connectivity index (χ4v) is 2.29. The third-order valence-corrected chi connectivity index (χ3v) is 3.46. The maximum absolute atomic E-state index is 13.4. The Bertz CT molecular complexity index is 467. The Morgan fingerprint density at radius 2 is 2.37 bits per heavy atom. The number of likely N-dealkylation sites (tertiary alicyclic amines) is 1. The van der Waals surface area contributed by atoms with E-state index in [2.05, 4.69) is 22.1 Å². The molecule has 1 saturated heterocycles. The molecule has 1 amide bonds. The monoisotopic (exact) mass is 269 g/mol. The van der Waals surface area contributed by atoms with Crippen molar-refractivity contribution in [2.75, 3.05) is 26.2 Å². The predicted octanol–water partition coefficient (Wildman–Crippen LogP) is 1.43. The molecular weight excluding hydrogens is 252 g/mol. The average Bonchev–Trinajstić information content (AvgIpc) is 2.87. The van der Waals surface area contributed by atoms with Crippen molar-refractivity contribution in [3.63, 3.8) is 0 Å². The average molecular weight is 269 g/mol. The van der Waals surface area contributed by atoms with Crippen molar-refractivity contribution < 1.29 is 13.6 Å². The number of aromatic nitrogens is 1. The van der Waals surface area contributed by atoms with Gasteiger partial charge in [0.05, 0.1) is 5.56 Å². The third-order valence-electron chi connectivity index (χ3n) is 3.46. The molecule has 1 aromatic heterocycles. The van der Waals surface area contributed by atoms with Crippen LogP contribution in [-0.4, -0.2) is 42.0 Å². The molecule has 0 radical (unpaired) electrons. The minimum Gasteiger partial charge on any atom is -0.352 e. The van der Waals surface area contributed by atoms with E-state index >= 15 is 0 Å². The highest BCUT2D eigenvalue weighted by molar-refractivity contribution is 5.94. The topological polar surface area (TPSA) is 45.2 Å². The van der Waals surface area contributed by atoms with E-state index in [1.165, 1.54) is 6.07 Å². The lowest BCUT2D eigenvalue weighted by Crippen LogP contribution is -2.31. The van der Waals surface area contributed by atoms with Crippen molar-refractivity contribution in [1.29, 1.82) is 0 Å². The van der Waals surface area contributed by atoms with Gasteiger partial charge in [0, 0.05) is 19.3 Å². The first-order valence-corrected chi connectivity index (χ1v) is 6.42. The molecule has 1 aliphatic heterocycles. The van der Waals surface area contributed by atoms with Crippen molar-refractivity contribution in [3.05, 3.63) is 29.6 Å². The van der Waals surface area contributed by atoms with Crippen molar-refractivity contribution in [2.24, 2.45) is 5.92 Å². The van der Waals surface area contributed by atoms with Gasteiger partial charge in [-0.15, -0.1) is 0 Å². The van der Waals surface area contributed by atoms with Gasteiger partial charge in [-0.25, -0.2) is 9.37 Å². The Balaban J connectivity index is 1.90. The first-order valence-electron chi connectivity index (χ1n) is 6.42. The van der Waals surface area contributed by atoms with Crippen LogP contribution in [0.3, 0.4) is 0 Å². The number of hydrogen-bond donors (Lipinski definition) is 1. The maximum Gasteiger partial charge on any atom is 0.254 e. The summed E-state index contributed by atoms with van der Waals surface area (Å²) in [6, 6.07) is 1.18. The predicted molar refractivity (Wildman–Crippen MR) is 66.7 cm³/mol. The minimum absolute atomic E-state index is 0.294. The van der Waals surface area contributed by atoms with E-state index in [0.29, 0.717) is 12.5 Å². The van der Waals surface area contributed by atoms with Gasteiger partial charge in [0.15, 0.2) is 5.82 Å². The highest BCUT2D eigenvalue weighted by atomic mass is 19.2. The van der Waals surface area contributed by atoms with Crippen molar-refractivity contribution in [1.82, 2.24) is 15.2 Å². The Labute approximate surface area is 110 Å². The van der Waals surface area contributed by atoms with Crippen LogP contribution in [0, 0.1) is 17.7 Å². The Kier molecular flexibility index (Phi) is 4.42. The van der Waals surface area contributed by atoms with E-state index < -0.39 is 17.7 Å². The van der Waals surface area contributed by atoms with Crippen molar-refractivity contribution in [2.45, 2.75) is 13.3 Å². The lowest BCUT2D eigenvalue weighted by Gasteiger charge is -2.13. The fourth-order valence-electron chi connectivity index (χ4n) is 2.29. The summed E-state index contributed by atoms with van der Waals surface area (Å²) in [5, 5.41) is 2.65. The second kappa shape index (κ2) is 6.06. The summed E-state index contributed by atoms with van der Waals surface area (Å²) >= 11 is 0. The standard InChI is InChI=1S/C13H17F2N3O/c1-2-18-6-4-9(8-18)7-17-13(19)10-3-5-16-12(15)11(10)14/h3,5,9H,2,4,6-8H2,1H3,(H,17,19). The van der Waals surface area contributed by atoms with E-state index in [0.717, 1.165) is 32.3 Å². The molecule has 4 nitrogen and oxygen atoms in total. The summed E-state index contributed by atoms with van der Waals surface area (Å²) in [7, 11) is 0.